The Hall–Kier alpha value is -3.82. The summed E-state index contributed by atoms with van der Waals surface area (Å²) in [6.07, 6.45) is 0.524. The zero-order chi connectivity index (χ0) is 30.6. The third-order valence-corrected chi connectivity index (χ3v) is 6.84. The van der Waals surface area contributed by atoms with Gasteiger partial charge in [-0.05, 0) is 85.3 Å². The average molecular weight is 582 g/mol. The van der Waals surface area contributed by atoms with Crippen molar-refractivity contribution in [2.24, 2.45) is 0 Å². The van der Waals surface area contributed by atoms with E-state index in [9.17, 15) is 23.5 Å². The second kappa shape index (κ2) is 16.0. The van der Waals surface area contributed by atoms with Gasteiger partial charge in [0.2, 0.25) is 0 Å². The lowest BCUT2D eigenvalue weighted by molar-refractivity contribution is 0.0755. The van der Waals surface area contributed by atoms with Gasteiger partial charge in [0.1, 0.15) is 17.4 Å². The maximum atomic E-state index is 14.0. The van der Waals surface area contributed by atoms with Crippen molar-refractivity contribution in [2.75, 3.05) is 26.7 Å². The van der Waals surface area contributed by atoms with Crippen molar-refractivity contribution in [1.82, 2.24) is 15.5 Å². The number of aliphatic hydroxyl groups excluding tert-OH is 1. The van der Waals surface area contributed by atoms with Crippen molar-refractivity contribution in [2.45, 2.75) is 58.7 Å². The molecule has 0 aliphatic carbocycles. The number of nitrogens with zero attached hydrogens (tertiary/aromatic N) is 1. The van der Waals surface area contributed by atoms with Crippen molar-refractivity contribution in [3.63, 3.8) is 0 Å². The van der Waals surface area contributed by atoms with Gasteiger partial charge < -0.3 is 25.4 Å². The lowest BCUT2D eigenvalue weighted by atomic mass is 9.99. The van der Waals surface area contributed by atoms with Gasteiger partial charge in [0.25, 0.3) is 11.8 Å². The van der Waals surface area contributed by atoms with Crippen molar-refractivity contribution in [1.29, 1.82) is 0 Å². The smallest absolute Gasteiger partial charge is 0.253 e. The van der Waals surface area contributed by atoms with Gasteiger partial charge in [0.05, 0.1) is 19.3 Å². The van der Waals surface area contributed by atoms with E-state index in [1.807, 2.05) is 45.0 Å². The Morgan fingerprint density at radius 1 is 0.929 bits per heavy atom. The Balaban J connectivity index is 1.80. The van der Waals surface area contributed by atoms with E-state index in [0.29, 0.717) is 36.5 Å². The molecular formula is C33H41F2N3O4. The largest absolute Gasteiger partial charge is 0.497 e. The fourth-order valence-electron chi connectivity index (χ4n) is 4.88. The number of carbonyl (C=O) groups is 2. The molecule has 0 radical (unpaired) electrons. The maximum absolute atomic E-state index is 14.0. The standard InChI is InChI=1S/C33H41F2N3O4/c1-5-10-38(11-6-2)33(41)26-13-22(3)12-25(18-26)32(40)37-30(17-24-14-27(34)19-28(35)15-24)31(39)21-36-20-23-8-7-9-29(16-23)42-4/h7-9,12-16,18-19,30-31,36,39H,5-6,10-11,17,20-21H2,1-4H3,(H,37,40)/t30-,31-/m0/s1. The van der Waals surface area contributed by atoms with Crippen molar-refractivity contribution in [3.05, 3.63) is 100 Å². The van der Waals surface area contributed by atoms with Crippen molar-refractivity contribution >= 4 is 11.8 Å². The van der Waals surface area contributed by atoms with Crippen LogP contribution >= 0.6 is 0 Å². The summed E-state index contributed by atoms with van der Waals surface area (Å²) in [6, 6.07) is 14.7. The number of carbonyl (C=O) groups excluding carboxylic acids is 2. The number of rotatable bonds is 15. The first-order valence-corrected chi connectivity index (χ1v) is 14.3. The maximum Gasteiger partial charge on any atom is 0.253 e. The molecule has 3 aromatic rings. The van der Waals surface area contributed by atoms with Crippen LogP contribution < -0.4 is 15.4 Å². The SMILES string of the molecule is CCCN(CCC)C(=O)c1cc(C)cc(C(=O)N[C@@H](Cc2cc(F)cc(F)c2)[C@@H](O)CNCc2cccc(OC)c2)c1. The Labute approximate surface area is 246 Å². The van der Waals surface area contributed by atoms with Crippen LogP contribution in [0.3, 0.4) is 0 Å². The number of methoxy groups -OCH3 is 1. The van der Waals surface area contributed by atoms with Gasteiger partial charge in [-0.1, -0.05) is 26.0 Å². The molecule has 0 saturated heterocycles. The number of nitrogens with one attached hydrogen (secondary N) is 2. The second-order valence-corrected chi connectivity index (χ2v) is 10.5. The Morgan fingerprint density at radius 3 is 2.24 bits per heavy atom. The molecular weight excluding hydrogens is 540 g/mol. The molecule has 0 aliphatic heterocycles. The van der Waals surface area contributed by atoms with E-state index < -0.39 is 29.7 Å². The van der Waals surface area contributed by atoms with Crippen LogP contribution in [0.5, 0.6) is 5.75 Å². The van der Waals surface area contributed by atoms with Crippen LogP contribution in [-0.2, 0) is 13.0 Å². The molecule has 0 saturated carbocycles. The third-order valence-electron chi connectivity index (χ3n) is 6.84. The fourth-order valence-corrected chi connectivity index (χ4v) is 4.88. The second-order valence-electron chi connectivity index (χ2n) is 10.5. The summed E-state index contributed by atoms with van der Waals surface area (Å²) in [6.45, 7) is 7.58. The van der Waals surface area contributed by atoms with Gasteiger partial charge in [0.15, 0.2) is 0 Å². The van der Waals surface area contributed by atoms with Crippen LogP contribution in [0.4, 0.5) is 8.78 Å². The first kappa shape index (κ1) is 32.7. The quantitative estimate of drug-likeness (QED) is 0.234. The van der Waals surface area contributed by atoms with Gasteiger partial charge in [-0.25, -0.2) is 8.78 Å². The molecule has 226 valence electrons. The zero-order valence-corrected chi connectivity index (χ0v) is 24.8. The number of halogens is 2. The molecule has 42 heavy (non-hydrogen) atoms. The minimum atomic E-state index is -1.10. The molecule has 9 heteroatoms. The minimum Gasteiger partial charge on any atom is -0.497 e. The number of hydrogen-bond acceptors (Lipinski definition) is 5. The van der Waals surface area contributed by atoms with Crippen LogP contribution in [0.2, 0.25) is 0 Å². The molecule has 2 atom stereocenters. The molecule has 3 aromatic carbocycles. The van der Waals surface area contributed by atoms with Crippen LogP contribution in [-0.4, -0.2) is 60.7 Å². The first-order chi connectivity index (χ1) is 20.1. The summed E-state index contributed by atoms with van der Waals surface area (Å²) in [5.74, 6) is -1.43. The molecule has 0 unspecified atom stereocenters. The van der Waals surface area contributed by atoms with Gasteiger partial charge in [-0.3, -0.25) is 9.59 Å². The molecule has 0 heterocycles. The van der Waals surface area contributed by atoms with E-state index >= 15 is 0 Å². The Kier molecular flexibility index (Phi) is 12.4. The number of benzene rings is 3. The monoisotopic (exact) mass is 581 g/mol. The van der Waals surface area contributed by atoms with Gasteiger partial charge >= 0.3 is 0 Å². The van der Waals surface area contributed by atoms with Crippen LogP contribution in [0.1, 0.15) is 64.1 Å². The molecule has 2 amide bonds. The Morgan fingerprint density at radius 2 is 1.60 bits per heavy atom. The summed E-state index contributed by atoms with van der Waals surface area (Å²) in [7, 11) is 1.58. The van der Waals surface area contributed by atoms with E-state index in [0.717, 1.165) is 30.0 Å². The lowest BCUT2D eigenvalue weighted by Crippen LogP contribution is -2.48. The highest BCUT2D eigenvalue weighted by atomic mass is 19.1. The predicted molar refractivity (Wildman–Crippen MR) is 160 cm³/mol. The normalized spacial score (nSPS) is 12.5. The first-order valence-electron chi connectivity index (χ1n) is 14.3. The van der Waals surface area contributed by atoms with Crippen molar-refractivity contribution in [3.8, 4) is 5.75 Å². The highest BCUT2D eigenvalue weighted by Crippen LogP contribution is 2.17. The minimum absolute atomic E-state index is 0.0131. The van der Waals surface area contributed by atoms with Crippen LogP contribution in [0, 0.1) is 18.6 Å². The summed E-state index contributed by atoms with van der Waals surface area (Å²) < 4.78 is 33.2. The molecule has 0 fully saturated rings. The predicted octanol–water partition coefficient (Wildman–Crippen LogP) is 5.04. The number of ether oxygens (including phenoxy) is 1. The van der Waals surface area contributed by atoms with Crippen molar-refractivity contribution < 1.29 is 28.2 Å². The molecule has 0 spiro atoms. The summed E-state index contributed by atoms with van der Waals surface area (Å²) >= 11 is 0. The molecule has 7 nitrogen and oxygen atoms in total. The van der Waals surface area contributed by atoms with Gasteiger partial charge in [0, 0.05) is 43.4 Å². The van der Waals surface area contributed by atoms with E-state index in [4.69, 9.17) is 4.74 Å². The molecule has 0 aromatic heterocycles. The lowest BCUT2D eigenvalue weighted by Gasteiger charge is -2.25. The average Bonchev–Trinajstić information content (AvgIpc) is 2.95. The van der Waals surface area contributed by atoms with E-state index in [2.05, 4.69) is 10.6 Å². The highest BCUT2D eigenvalue weighted by molar-refractivity contribution is 6.00. The number of amides is 2. The fraction of sp³-hybridized carbons (Fsp3) is 0.394. The zero-order valence-electron chi connectivity index (χ0n) is 24.8. The Bertz CT molecular complexity index is 1320. The molecule has 0 bridgehead atoms. The summed E-state index contributed by atoms with van der Waals surface area (Å²) in [4.78, 5) is 28.5. The van der Waals surface area contributed by atoms with E-state index in [1.165, 1.54) is 12.1 Å². The van der Waals surface area contributed by atoms with E-state index in [1.54, 1.807) is 30.2 Å². The van der Waals surface area contributed by atoms with Crippen LogP contribution in [0.15, 0.2) is 60.7 Å². The van der Waals surface area contributed by atoms with Crippen LogP contribution in [0.25, 0.3) is 0 Å². The molecule has 3 N–H and O–H groups in total. The number of aryl methyl sites for hydroxylation is 1. The summed E-state index contributed by atoms with van der Waals surface area (Å²) in [5, 5.41) is 17.1. The van der Waals surface area contributed by atoms with E-state index in [-0.39, 0.29) is 24.4 Å². The van der Waals surface area contributed by atoms with Gasteiger partial charge in [-0.2, -0.15) is 0 Å². The number of hydrogen-bond donors (Lipinski definition) is 3. The van der Waals surface area contributed by atoms with Gasteiger partial charge in [-0.15, -0.1) is 0 Å². The summed E-state index contributed by atoms with van der Waals surface area (Å²) in [5.41, 5.74) is 2.64. The molecule has 0 aliphatic rings. The highest BCUT2D eigenvalue weighted by Gasteiger charge is 2.24. The topological polar surface area (TPSA) is 90.9 Å². The third kappa shape index (κ3) is 9.63. The molecule has 3 rings (SSSR count). The number of aliphatic hydroxyl groups is 1.